The van der Waals surface area contributed by atoms with Gasteiger partial charge in [0, 0.05) is 6.20 Å². The van der Waals surface area contributed by atoms with E-state index >= 15 is 0 Å². The van der Waals surface area contributed by atoms with Crippen molar-refractivity contribution in [3.8, 4) is 0 Å². The third-order valence-electron chi connectivity index (χ3n) is 2.41. The van der Waals surface area contributed by atoms with Gasteiger partial charge in [-0.05, 0) is 25.0 Å². The summed E-state index contributed by atoms with van der Waals surface area (Å²) < 4.78 is 0. The molecule has 4 nitrogen and oxygen atoms in total. The Labute approximate surface area is 112 Å². The summed E-state index contributed by atoms with van der Waals surface area (Å²) in [6, 6.07) is 5.15. The SMILES string of the molecule is CC(=O)C(NC(=O)CSc1ccccn1)C(C)C. The number of Topliss-reactive ketones (excluding diaryl/α,β-unsaturated/α-hetero) is 1. The van der Waals surface area contributed by atoms with E-state index in [2.05, 4.69) is 10.3 Å². The molecule has 18 heavy (non-hydrogen) atoms. The molecule has 0 aliphatic rings. The number of amides is 1. The summed E-state index contributed by atoms with van der Waals surface area (Å²) in [6.45, 7) is 5.33. The Morgan fingerprint density at radius 3 is 2.61 bits per heavy atom. The molecule has 0 fully saturated rings. The van der Waals surface area contributed by atoms with Gasteiger partial charge >= 0.3 is 0 Å². The summed E-state index contributed by atoms with van der Waals surface area (Å²) in [7, 11) is 0. The topological polar surface area (TPSA) is 59.1 Å². The number of thioether (sulfide) groups is 1. The van der Waals surface area contributed by atoms with Gasteiger partial charge in [0.2, 0.25) is 5.91 Å². The molecule has 0 saturated heterocycles. The first kappa shape index (κ1) is 14.7. The second-order valence-electron chi connectivity index (χ2n) is 4.36. The molecule has 0 aliphatic heterocycles. The van der Waals surface area contributed by atoms with Crippen LogP contribution in [0.25, 0.3) is 0 Å². The van der Waals surface area contributed by atoms with E-state index in [9.17, 15) is 9.59 Å². The summed E-state index contributed by atoms with van der Waals surface area (Å²) >= 11 is 1.36. The van der Waals surface area contributed by atoms with E-state index in [1.807, 2.05) is 32.0 Å². The Kier molecular flexibility index (Phi) is 5.85. The molecule has 0 bridgehead atoms. The lowest BCUT2D eigenvalue weighted by Crippen LogP contribution is -2.44. The van der Waals surface area contributed by atoms with Crippen molar-refractivity contribution in [2.75, 3.05) is 5.75 Å². The van der Waals surface area contributed by atoms with E-state index in [4.69, 9.17) is 0 Å². The Morgan fingerprint density at radius 1 is 1.39 bits per heavy atom. The molecule has 98 valence electrons. The molecule has 1 atom stereocenters. The smallest absolute Gasteiger partial charge is 0.231 e. The maximum atomic E-state index is 11.7. The summed E-state index contributed by atoms with van der Waals surface area (Å²) in [5, 5.41) is 3.55. The normalized spacial score (nSPS) is 12.2. The Balaban J connectivity index is 2.44. The maximum absolute atomic E-state index is 11.7. The number of nitrogens with one attached hydrogen (secondary N) is 1. The van der Waals surface area contributed by atoms with Gasteiger partial charge in [-0.3, -0.25) is 9.59 Å². The fourth-order valence-electron chi connectivity index (χ4n) is 1.52. The number of aromatic nitrogens is 1. The minimum atomic E-state index is -0.401. The van der Waals surface area contributed by atoms with Gasteiger partial charge in [0.05, 0.1) is 16.8 Å². The largest absolute Gasteiger partial charge is 0.345 e. The van der Waals surface area contributed by atoms with Crippen molar-refractivity contribution in [2.45, 2.75) is 31.8 Å². The number of ketones is 1. The molecular weight excluding hydrogens is 248 g/mol. The maximum Gasteiger partial charge on any atom is 0.231 e. The van der Waals surface area contributed by atoms with Crippen LogP contribution in [0.4, 0.5) is 0 Å². The molecule has 1 amide bonds. The van der Waals surface area contributed by atoms with Gasteiger partial charge in [0.1, 0.15) is 0 Å². The van der Waals surface area contributed by atoms with Gasteiger partial charge in [-0.1, -0.05) is 31.7 Å². The molecule has 5 heteroatoms. The van der Waals surface area contributed by atoms with Crippen molar-refractivity contribution in [1.29, 1.82) is 0 Å². The molecular formula is C13H18N2O2S. The van der Waals surface area contributed by atoms with Crippen LogP contribution in [0.15, 0.2) is 29.4 Å². The molecule has 1 rings (SSSR count). The molecule has 0 aromatic carbocycles. The van der Waals surface area contributed by atoms with Gasteiger partial charge in [-0.25, -0.2) is 4.98 Å². The van der Waals surface area contributed by atoms with Gasteiger partial charge < -0.3 is 5.32 Å². The first-order valence-electron chi connectivity index (χ1n) is 5.84. The molecule has 1 unspecified atom stereocenters. The second-order valence-corrected chi connectivity index (χ2v) is 5.35. The lowest BCUT2D eigenvalue weighted by molar-refractivity contribution is -0.126. The first-order chi connectivity index (χ1) is 8.50. The summed E-state index contributed by atoms with van der Waals surface area (Å²) in [6.07, 6.45) is 1.69. The van der Waals surface area contributed by atoms with Crippen LogP contribution in [0.2, 0.25) is 0 Å². The quantitative estimate of drug-likeness (QED) is 0.799. The van der Waals surface area contributed by atoms with Gasteiger partial charge in [-0.2, -0.15) is 0 Å². The zero-order valence-corrected chi connectivity index (χ0v) is 11.7. The predicted octanol–water partition coefficient (Wildman–Crippen LogP) is 1.90. The van der Waals surface area contributed by atoms with Crippen LogP contribution in [-0.2, 0) is 9.59 Å². The molecule has 1 aromatic heterocycles. The number of pyridine rings is 1. The average Bonchev–Trinajstić information content (AvgIpc) is 2.34. The van der Waals surface area contributed by atoms with Crippen LogP contribution < -0.4 is 5.32 Å². The summed E-state index contributed by atoms with van der Waals surface area (Å²) in [5.74, 6) is 0.222. The molecule has 0 spiro atoms. The van der Waals surface area contributed by atoms with Gasteiger partial charge in [0.25, 0.3) is 0 Å². The van der Waals surface area contributed by atoms with E-state index in [-0.39, 0.29) is 23.4 Å². The van der Waals surface area contributed by atoms with Crippen molar-refractivity contribution in [1.82, 2.24) is 10.3 Å². The highest BCUT2D eigenvalue weighted by Crippen LogP contribution is 2.13. The Hall–Kier alpha value is -1.36. The molecule has 0 saturated carbocycles. The Morgan fingerprint density at radius 2 is 2.11 bits per heavy atom. The van der Waals surface area contributed by atoms with Crippen molar-refractivity contribution in [3.63, 3.8) is 0 Å². The summed E-state index contributed by atoms with van der Waals surface area (Å²) in [4.78, 5) is 27.2. The summed E-state index contributed by atoms with van der Waals surface area (Å²) in [5.41, 5.74) is 0. The third-order valence-corrected chi connectivity index (χ3v) is 3.35. The number of nitrogens with zero attached hydrogens (tertiary/aromatic N) is 1. The van der Waals surface area contributed by atoms with E-state index < -0.39 is 6.04 Å². The molecule has 1 N–H and O–H groups in total. The zero-order chi connectivity index (χ0) is 13.5. The van der Waals surface area contributed by atoms with Crippen LogP contribution in [0, 0.1) is 5.92 Å². The highest BCUT2D eigenvalue weighted by atomic mass is 32.2. The lowest BCUT2D eigenvalue weighted by Gasteiger charge is -2.19. The van der Waals surface area contributed by atoms with Crippen molar-refractivity contribution < 1.29 is 9.59 Å². The number of carbonyl (C=O) groups excluding carboxylic acids is 2. The van der Waals surface area contributed by atoms with Crippen molar-refractivity contribution in [3.05, 3.63) is 24.4 Å². The minimum Gasteiger partial charge on any atom is -0.345 e. The van der Waals surface area contributed by atoms with Crippen LogP contribution in [0.1, 0.15) is 20.8 Å². The molecule has 1 aromatic rings. The predicted molar refractivity (Wildman–Crippen MR) is 72.4 cm³/mol. The highest BCUT2D eigenvalue weighted by molar-refractivity contribution is 7.99. The average molecular weight is 266 g/mol. The third kappa shape index (κ3) is 4.87. The standard InChI is InChI=1S/C13H18N2O2S/c1-9(2)13(10(3)16)15-11(17)8-18-12-6-4-5-7-14-12/h4-7,9,13H,8H2,1-3H3,(H,15,17). The number of hydrogen-bond acceptors (Lipinski definition) is 4. The van der Waals surface area contributed by atoms with Crippen LogP contribution in [-0.4, -0.2) is 28.5 Å². The van der Waals surface area contributed by atoms with Crippen LogP contribution >= 0.6 is 11.8 Å². The van der Waals surface area contributed by atoms with E-state index in [0.29, 0.717) is 0 Å². The van der Waals surface area contributed by atoms with Crippen molar-refractivity contribution >= 4 is 23.5 Å². The van der Waals surface area contributed by atoms with E-state index in [1.165, 1.54) is 18.7 Å². The second kappa shape index (κ2) is 7.16. The molecule has 1 heterocycles. The Bertz CT molecular complexity index is 407. The van der Waals surface area contributed by atoms with E-state index in [1.54, 1.807) is 6.20 Å². The number of carbonyl (C=O) groups is 2. The fourth-order valence-corrected chi connectivity index (χ4v) is 2.20. The fraction of sp³-hybridized carbons (Fsp3) is 0.462. The van der Waals surface area contributed by atoms with Crippen LogP contribution in [0.3, 0.4) is 0 Å². The lowest BCUT2D eigenvalue weighted by atomic mass is 10.0. The zero-order valence-electron chi connectivity index (χ0n) is 10.8. The first-order valence-corrected chi connectivity index (χ1v) is 6.83. The highest BCUT2D eigenvalue weighted by Gasteiger charge is 2.20. The van der Waals surface area contributed by atoms with Crippen LogP contribution in [0.5, 0.6) is 0 Å². The van der Waals surface area contributed by atoms with E-state index in [0.717, 1.165) is 5.03 Å². The van der Waals surface area contributed by atoms with Gasteiger partial charge in [0.15, 0.2) is 5.78 Å². The van der Waals surface area contributed by atoms with Crippen molar-refractivity contribution in [2.24, 2.45) is 5.92 Å². The monoisotopic (exact) mass is 266 g/mol. The number of hydrogen-bond donors (Lipinski definition) is 1. The minimum absolute atomic E-state index is 0.0128. The van der Waals surface area contributed by atoms with Gasteiger partial charge in [-0.15, -0.1) is 0 Å². The molecule has 0 aliphatic carbocycles. The molecule has 0 radical (unpaired) electrons. The number of rotatable bonds is 6.